The Hall–Kier alpha value is -0.730. The maximum atomic E-state index is 12.4. The number of rotatable bonds is 7. The van der Waals surface area contributed by atoms with Crippen LogP contribution in [0.1, 0.15) is 12.7 Å². The Morgan fingerprint density at radius 1 is 1.53 bits per heavy atom. The fourth-order valence-corrected chi connectivity index (χ4v) is 3.33. The number of imidazole rings is 1. The lowest BCUT2D eigenvalue weighted by molar-refractivity contribution is 0.121. The molecule has 0 atom stereocenters. The van der Waals surface area contributed by atoms with Crippen LogP contribution < -0.4 is 0 Å². The summed E-state index contributed by atoms with van der Waals surface area (Å²) in [5, 5.41) is -0.224. The third-order valence-corrected chi connectivity index (χ3v) is 4.48. The monoisotopic (exact) mass is 315 g/mol. The van der Waals surface area contributed by atoms with Crippen LogP contribution in [-0.4, -0.2) is 47.7 Å². The van der Waals surface area contributed by atoms with Gasteiger partial charge in [-0.25, -0.2) is 22.2 Å². The minimum Gasteiger partial charge on any atom is -0.334 e. The summed E-state index contributed by atoms with van der Waals surface area (Å²) in [5.74, 6) is 0.461. The first-order chi connectivity index (χ1) is 8.82. The molecule has 1 aromatic heterocycles. The number of alkyl halides is 3. The third kappa shape index (κ3) is 3.87. The molecule has 0 saturated carbocycles. The average molecular weight is 316 g/mol. The second-order valence-electron chi connectivity index (χ2n) is 3.86. The molecular weight excluding hydrogens is 300 g/mol. The molecule has 1 rings (SSSR count). The van der Waals surface area contributed by atoms with Gasteiger partial charge in [0.25, 0.3) is 16.4 Å². The number of aromatic nitrogens is 2. The van der Waals surface area contributed by atoms with E-state index in [0.717, 1.165) is 0 Å². The van der Waals surface area contributed by atoms with Gasteiger partial charge in [0.2, 0.25) is 0 Å². The molecule has 5 nitrogen and oxygen atoms in total. The summed E-state index contributed by atoms with van der Waals surface area (Å²) >= 11 is 5.46. The molecular formula is C10H16ClF2N3O2S. The molecule has 0 bridgehead atoms. The van der Waals surface area contributed by atoms with Crippen molar-refractivity contribution in [3.8, 4) is 0 Å². The minimum absolute atomic E-state index is 0.0561. The van der Waals surface area contributed by atoms with Gasteiger partial charge in [0.15, 0.2) is 5.03 Å². The summed E-state index contributed by atoms with van der Waals surface area (Å²) in [4.78, 5) is 3.91. The highest BCUT2D eigenvalue weighted by Gasteiger charge is 2.29. The van der Waals surface area contributed by atoms with E-state index in [1.165, 1.54) is 6.20 Å². The van der Waals surface area contributed by atoms with E-state index in [9.17, 15) is 17.2 Å². The Balaban J connectivity index is 3.10. The molecule has 0 aromatic carbocycles. The van der Waals surface area contributed by atoms with Crippen LogP contribution in [0.4, 0.5) is 8.78 Å². The number of halogens is 3. The topological polar surface area (TPSA) is 55.2 Å². The van der Waals surface area contributed by atoms with Crippen LogP contribution >= 0.6 is 11.6 Å². The zero-order chi connectivity index (χ0) is 14.6. The van der Waals surface area contributed by atoms with Gasteiger partial charge >= 0.3 is 0 Å². The van der Waals surface area contributed by atoms with E-state index in [1.54, 1.807) is 11.5 Å². The Bertz CT molecular complexity index is 519. The Morgan fingerprint density at radius 2 is 2.16 bits per heavy atom. The first-order valence-corrected chi connectivity index (χ1v) is 7.68. The van der Waals surface area contributed by atoms with Crippen molar-refractivity contribution in [3.05, 3.63) is 12.0 Å². The van der Waals surface area contributed by atoms with E-state index < -0.39 is 23.0 Å². The SMILES string of the molecule is CCn1cc(S(=O)(=O)N(CCCl)CC(F)F)nc1C. The first kappa shape index (κ1) is 16.3. The van der Waals surface area contributed by atoms with Gasteiger partial charge in [0.1, 0.15) is 5.82 Å². The standard InChI is InChI=1S/C10H16ClF2N3O2S/c1-3-15-7-10(14-8(15)2)19(17,18)16(5-4-11)6-9(12)13/h7,9H,3-6H2,1-2H3. The summed E-state index contributed by atoms with van der Waals surface area (Å²) in [7, 11) is -4.03. The zero-order valence-electron chi connectivity index (χ0n) is 10.7. The maximum absolute atomic E-state index is 12.4. The van der Waals surface area contributed by atoms with Crippen molar-refractivity contribution in [2.24, 2.45) is 0 Å². The van der Waals surface area contributed by atoms with Gasteiger partial charge < -0.3 is 4.57 Å². The fourth-order valence-electron chi connectivity index (χ4n) is 1.61. The van der Waals surface area contributed by atoms with Gasteiger partial charge in [-0.05, 0) is 13.8 Å². The highest BCUT2D eigenvalue weighted by Crippen LogP contribution is 2.16. The van der Waals surface area contributed by atoms with Crippen LogP contribution in [0.25, 0.3) is 0 Å². The largest absolute Gasteiger partial charge is 0.334 e. The van der Waals surface area contributed by atoms with Crippen molar-refractivity contribution < 1.29 is 17.2 Å². The number of aryl methyl sites for hydroxylation is 2. The Morgan fingerprint density at radius 3 is 2.58 bits per heavy atom. The number of sulfonamides is 1. The first-order valence-electron chi connectivity index (χ1n) is 5.71. The molecule has 1 heterocycles. The van der Waals surface area contributed by atoms with E-state index >= 15 is 0 Å². The van der Waals surface area contributed by atoms with Gasteiger partial charge in [0.05, 0.1) is 6.54 Å². The molecule has 0 unspecified atom stereocenters. The smallest absolute Gasteiger partial charge is 0.262 e. The van der Waals surface area contributed by atoms with Crippen molar-refractivity contribution >= 4 is 21.6 Å². The summed E-state index contributed by atoms with van der Waals surface area (Å²) < 4.78 is 51.5. The molecule has 0 spiro atoms. The number of hydrogen-bond acceptors (Lipinski definition) is 3. The molecule has 0 aliphatic rings. The Kier molecular flexibility index (Phi) is 5.69. The van der Waals surface area contributed by atoms with Crippen molar-refractivity contribution in [2.45, 2.75) is 31.8 Å². The van der Waals surface area contributed by atoms with Crippen LogP contribution in [0.3, 0.4) is 0 Å². The lowest BCUT2D eigenvalue weighted by Gasteiger charge is -2.19. The van der Waals surface area contributed by atoms with Crippen molar-refractivity contribution in [2.75, 3.05) is 19.0 Å². The summed E-state index contributed by atoms with van der Waals surface area (Å²) in [6.45, 7) is 2.99. The van der Waals surface area contributed by atoms with E-state index in [-0.39, 0.29) is 17.5 Å². The van der Waals surface area contributed by atoms with Gasteiger partial charge in [-0.3, -0.25) is 0 Å². The third-order valence-electron chi connectivity index (χ3n) is 2.57. The van der Waals surface area contributed by atoms with E-state index in [4.69, 9.17) is 11.6 Å². The van der Waals surface area contributed by atoms with Gasteiger partial charge in [-0.15, -0.1) is 11.6 Å². The normalized spacial score (nSPS) is 12.6. The van der Waals surface area contributed by atoms with Crippen LogP contribution in [0.2, 0.25) is 0 Å². The molecule has 0 saturated heterocycles. The van der Waals surface area contributed by atoms with Crippen LogP contribution in [-0.2, 0) is 16.6 Å². The molecule has 0 aliphatic heterocycles. The molecule has 0 amide bonds. The predicted octanol–water partition coefficient (Wildman–Crippen LogP) is 1.71. The number of nitrogens with zero attached hydrogens (tertiary/aromatic N) is 3. The van der Waals surface area contributed by atoms with E-state index in [2.05, 4.69) is 4.98 Å². The zero-order valence-corrected chi connectivity index (χ0v) is 12.3. The molecule has 19 heavy (non-hydrogen) atoms. The average Bonchev–Trinajstić information content (AvgIpc) is 2.70. The molecule has 0 N–H and O–H groups in total. The van der Waals surface area contributed by atoms with Crippen LogP contribution in [0, 0.1) is 6.92 Å². The predicted molar refractivity (Wildman–Crippen MR) is 68.1 cm³/mol. The van der Waals surface area contributed by atoms with Crippen molar-refractivity contribution in [3.63, 3.8) is 0 Å². The van der Waals surface area contributed by atoms with Crippen molar-refractivity contribution in [1.82, 2.24) is 13.9 Å². The molecule has 0 aliphatic carbocycles. The Labute approximate surface area is 116 Å². The molecule has 110 valence electrons. The lowest BCUT2D eigenvalue weighted by atomic mass is 10.6. The molecule has 9 heteroatoms. The second-order valence-corrected chi connectivity index (χ2v) is 6.12. The second kappa shape index (κ2) is 6.62. The lowest BCUT2D eigenvalue weighted by Crippen LogP contribution is -2.36. The van der Waals surface area contributed by atoms with E-state index in [0.29, 0.717) is 16.7 Å². The highest BCUT2D eigenvalue weighted by atomic mass is 35.5. The van der Waals surface area contributed by atoms with Crippen molar-refractivity contribution in [1.29, 1.82) is 0 Å². The fraction of sp³-hybridized carbons (Fsp3) is 0.700. The van der Waals surface area contributed by atoms with Crippen LogP contribution in [0.15, 0.2) is 11.2 Å². The number of hydrogen-bond donors (Lipinski definition) is 0. The summed E-state index contributed by atoms with van der Waals surface area (Å²) in [5.41, 5.74) is 0. The van der Waals surface area contributed by atoms with Gasteiger partial charge in [0, 0.05) is 25.2 Å². The van der Waals surface area contributed by atoms with Crippen LogP contribution in [0.5, 0.6) is 0 Å². The summed E-state index contributed by atoms with van der Waals surface area (Å²) in [6.07, 6.45) is -1.41. The molecule has 1 aromatic rings. The van der Waals surface area contributed by atoms with E-state index in [1.807, 2.05) is 6.92 Å². The highest BCUT2D eigenvalue weighted by molar-refractivity contribution is 7.89. The quantitative estimate of drug-likeness (QED) is 0.720. The molecule has 0 radical (unpaired) electrons. The maximum Gasteiger partial charge on any atom is 0.262 e. The summed E-state index contributed by atoms with van der Waals surface area (Å²) in [6, 6.07) is 0. The van der Waals surface area contributed by atoms with Gasteiger partial charge in [-0.1, -0.05) is 0 Å². The minimum atomic E-state index is -4.03. The molecule has 0 fully saturated rings. The van der Waals surface area contributed by atoms with Gasteiger partial charge in [-0.2, -0.15) is 4.31 Å².